The molecule has 0 aromatic carbocycles. The summed E-state index contributed by atoms with van der Waals surface area (Å²) in [6.07, 6.45) is 0. The standard InChI is InChI=1S/C11H19BrN2S.ClH/c1-8(2)11(3,7-13)14-6-9-4-5-10(12)15-9;/h4-5,8,14H,6-7,13H2,1-3H3;1H. The summed E-state index contributed by atoms with van der Waals surface area (Å²) in [5.74, 6) is 0.533. The Labute approximate surface area is 117 Å². The summed E-state index contributed by atoms with van der Waals surface area (Å²) in [6.45, 7) is 8.13. The number of nitrogens with one attached hydrogen (secondary N) is 1. The van der Waals surface area contributed by atoms with E-state index in [9.17, 15) is 0 Å². The number of nitrogens with two attached hydrogens (primary N) is 1. The van der Waals surface area contributed by atoms with Crippen LogP contribution in [0.2, 0.25) is 0 Å². The minimum atomic E-state index is 0. The van der Waals surface area contributed by atoms with E-state index in [4.69, 9.17) is 5.73 Å². The Kier molecular flexibility index (Phi) is 7.14. The third-order valence-electron chi connectivity index (χ3n) is 2.99. The highest BCUT2D eigenvalue weighted by molar-refractivity contribution is 9.11. The highest BCUT2D eigenvalue weighted by Crippen LogP contribution is 2.23. The molecule has 1 aromatic heterocycles. The second-order valence-corrected chi connectivity index (χ2v) is 6.88. The molecule has 1 rings (SSSR count). The van der Waals surface area contributed by atoms with Gasteiger partial charge in [0.15, 0.2) is 0 Å². The fourth-order valence-corrected chi connectivity index (χ4v) is 2.67. The molecule has 1 heterocycles. The van der Waals surface area contributed by atoms with Crippen molar-refractivity contribution in [3.05, 3.63) is 20.8 Å². The lowest BCUT2D eigenvalue weighted by Gasteiger charge is -2.33. The first kappa shape index (κ1) is 16.4. The van der Waals surface area contributed by atoms with Crippen LogP contribution in [0.3, 0.4) is 0 Å². The van der Waals surface area contributed by atoms with E-state index in [1.54, 1.807) is 11.3 Å². The molecule has 16 heavy (non-hydrogen) atoms. The average Bonchev–Trinajstić information content (AvgIpc) is 2.60. The molecule has 0 aliphatic carbocycles. The maximum Gasteiger partial charge on any atom is 0.0701 e. The summed E-state index contributed by atoms with van der Waals surface area (Å²) in [4.78, 5) is 1.34. The van der Waals surface area contributed by atoms with E-state index in [-0.39, 0.29) is 17.9 Å². The largest absolute Gasteiger partial charge is 0.329 e. The molecule has 0 fully saturated rings. The molecule has 3 N–H and O–H groups in total. The van der Waals surface area contributed by atoms with Crippen molar-refractivity contribution in [2.24, 2.45) is 11.7 Å². The van der Waals surface area contributed by atoms with Crippen LogP contribution in [0.4, 0.5) is 0 Å². The van der Waals surface area contributed by atoms with Crippen LogP contribution < -0.4 is 11.1 Å². The molecule has 0 aliphatic heterocycles. The highest BCUT2D eigenvalue weighted by atomic mass is 79.9. The van der Waals surface area contributed by atoms with Crippen molar-refractivity contribution in [2.75, 3.05) is 6.54 Å². The second kappa shape index (κ2) is 6.97. The van der Waals surface area contributed by atoms with Crippen molar-refractivity contribution < 1.29 is 0 Å². The summed E-state index contributed by atoms with van der Waals surface area (Å²) in [5, 5.41) is 3.54. The maximum absolute atomic E-state index is 5.81. The zero-order valence-electron chi connectivity index (χ0n) is 9.92. The van der Waals surface area contributed by atoms with Gasteiger partial charge in [0.2, 0.25) is 0 Å². The number of thiophene rings is 1. The van der Waals surface area contributed by atoms with Gasteiger partial charge in [0, 0.05) is 23.5 Å². The van der Waals surface area contributed by atoms with Gasteiger partial charge < -0.3 is 11.1 Å². The lowest BCUT2D eigenvalue weighted by Crippen LogP contribution is -2.52. The van der Waals surface area contributed by atoms with Crippen LogP contribution in [0.5, 0.6) is 0 Å². The molecular weight excluding hydrogens is 308 g/mol. The predicted molar refractivity (Wildman–Crippen MR) is 78.4 cm³/mol. The summed E-state index contributed by atoms with van der Waals surface area (Å²) in [6, 6.07) is 4.22. The number of hydrogen-bond acceptors (Lipinski definition) is 3. The smallest absolute Gasteiger partial charge is 0.0701 e. The van der Waals surface area contributed by atoms with E-state index in [2.05, 4.69) is 54.2 Å². The Morgan fingerprint density at radius 1 is 1.50 bits per heavy atom. The van der Waals surface area contributed by atoms with Crippen LogP contribution in [-0.2, 0) is 6.54 Å². The molecule has 2 nitrogen and oxygen atoms in total. The Balaban J connectivity index is 0.00000225. The quantitative estimate of drug-likeness (QED) is 0.870. The van der Waals surface area contributed by atoms with Crippen molar-refractivity contribution in [2.45, 2.75) is 32.9 Å². The van der Waals surface area contributed by atoms with E-state index in [0.29, 0.717) is 12.5 Å². The van der Waals surface area contributed by atoms with Crippen molar-refractivity contribution in [1.29, 1.82) is 0 Å². The van der Waals surface area contributed by atoms with Crippen molar-refractivity contribution in [3.63, 3.8) is 0 Å². The van der Waals surface area contributed by atoms with Gasteiger partial charge in [-0.15, -0.1) is 23.7 Å². The zero-order chi connectivity index (χ0) is 11.5. The Morgan fingerprint density at radius 3 is 2.50 bits per heavy atom. The first-order valence-electron chi connectivity index (χ1n) is 5.17. The molecule has 1 aromatic rings. The van der Waals surface area contributed by atoms with E-state index in [1.165, 1.54) is 8.66 Å². The molecule has 0 amide bonds. The minimum absolute atomic E-state index is 0. The number of hydrogen-bond donors (Lipinski definition) is 2. The van der Waals surface area contributed by atoms with Crippen LogP contribution in [0.1, 0.15) is 25.6 Å². The van der Waals surface area contributed by atoms with E-state index >= 15 is 0 Å². The molecule has 0 saturated carbocycles. The van der Waals surface area contributed by atoms with Crippen LogP contribution in [-0.4, -0.2) is 12.1 Å². The van der Waals surface area contributed by atoms with E-state index < -0.39 is 0 Å². The van der Waals surface area contributed by atoms with Gasteiger partial charge in [0.05, 0.1) is 3.79 Å². The topological polar surface area (TPSA) is 38.0 Å². The third-order valence-corrected chi connectivity index (χ3v) is 4.62. The van der Waals surface area contributed by atoms with Crippen molar-refractivity contribution in [3.8, 4) is 0 Å². The highest BCUT2D eigenvalue weighted by Gasteiger charge is 2.25. The first-order chi connectivity index (χ1) is 6.98. The molecule has 0 bridgehead atoms. The molecule has 1 atom stereocenters. The van der Waals surface area contributed by atoms with Gasteiger partial charge in [-0.25, -0.2) is 0 Å². The van der Waals surface area contributed by atoms with Gasteiger partial charge in [-0.3, -0.25) is 0 Å². The molecule has 0 radical (unpaired) electrons. The average molecular weight is 328 g/mol. The molecule has 5 heteroatoms. The molecule has 0 saturated heterocycles. The van der Waals surface area contributed by atoms with Gasteiger partial charge in [-0.1, -0.05) is 13.8 Å². The number of rotatable bonds is 5. The molecule has 0 spiro atoms. The molecule has 94 valence electrons. The molecule has 0 aliphatic rings. The fraction of sp³-hybridized carbons (Fsp3) is 0.636. The Hall–Kier alpha value is 0.390. The minimum Gasteiger partial charge on any atom is -0.329 e. The third kappa shape index (κ3) is 4.34. The van der Waals surface area contributed by atoms with Crippen LogP contribution in [0.15, 0.2) is 15.9 Å². The maximum atomic E-state index is 5.81. The Bertz CT molecular complexity index is 317. The summed E-state index contributed by atoms with van der Waals surface area (Å²) < 4.78 is 1.18. The summed E-state index contributed by atoms with van der Waals surface area (Å²) >= 11 is 5.23. The summed E-state index contributed by atoms with van der Waals surface area (Å²) in [7, 11) is 0. The summed E-state index contributed by atoms with van der Waals surface area (Å²) in [5.41, 5.74) is 5.83. The monoisotopic (exact) mass is 326 g/mol. The molecular formula is C11H20BrClN2S. The van der Waals surface area contributed by atoms with E-state index in [0.717, 1.165) is 6.54 Å². The van der Waals surface area contributed by atoms with Crippen molar-refractivity contribution >= 4 is 39.7 Å². The van der Waals surface area contributed by atoms with E-state index in [1.807, 2.05) is 0 Å². The molecule has 1 unspecified atom stereocenters. The SMILES string of the molecule is CC(C)C(C)(CN)NCc1ccc(Br)s1.Cl. The van der Waals surface area contributed by atoms with Crippen LogP contribution in [0, 0.1) is 5.92 Å². The van der Waals surface area contributed by atoms with Crippen LogP contribution >= 0.6 is 39.7 Å². The van der Waals surface area contributed by atoms with Crippen molar-refractivity contribution in [1.82, 2.24) is 5.32 Å². The first-order valence-corrected chi connectivity index (χ1v) is 6.78. The van der Waals surface area contributed by atoms with Gasteiger partial charge >= 0.3 is 0 Å². The number of halogens is 2. The van der Waals surface area contributed by atoms with Gasteiger partial charge in [0.1, 0.15) is 0 Å². The van der Waals surface area contributed by atoms with Crippen LogP contribution in [0.25, 0.3) is 0 Å². The normalized spacial score (nSPS) is 14.6. The zero-order valence-corrected chi connectivity index (χ0v) is 13.1. The second-order valence-electron chi connectivity index (χ2n) is 4.34. The van der Waals surface area contributed by atoms with Gasteiger partial charge in [0.25, 0.3) is 0 Å². The lowest BCUT2D eigenvalue weighted by atomic mass is 9.88. The van der Waals surface area contributed by atoms with Gasteiger partial charge in [-0.2, -0.15) is 0 Å². The Morgan fingerprint density at radius 2 is 2.12 bits per heavy atom. The lowest BCUT2D eigenvalue weighted by molar-refractivity contribution is 0.268. The predicted octanol–water partition coefficient (Wildman–Crippen LogP) is 3.40. The fourth-order valence-electron chi connectivity index (χ4n) is 1.25. The van der Waals surface area contributed by atoms with Gasteiger partial charge in [-0.05, 0) is 40.9 Å².